The number of likely N-dealkylation sites (N-methyl/N-ethyl adjacent to an activating group) is 1. The summed E-state index contributed by atoms with van der Waals surface area (Å²) in [5, 5.41) is 5.98. The molecule has 0 bridgehead atoms. The van der Waals surface area contributed by atoms with Crippen molar-refractivity contribution in [2.75, 3.05) is 20.1 Å². The first-order chi connectivity index (χ1) is 8.06. The zero-order valence-electron chi connectivity index (χ0n) is 11.0. The van der Waals surface area contributed by atoms with E-state index in [9.17, 15) is 9.59 Å². The van der Waals surface area contributed by atoms with Gasteiger partial charge in [-0.15, -0.1) is 0 Å². The van der Waals surface area contributed by atoms with Crippen molar-refractivity contribution in [2.45, 2.75) is 45.2 Å². The molecule has 1 saturated heterocycles. The van der Waals surface area contributed by atoms with Crippen LogP contribution in [0.25, 0.3) is 0 Å². The van der Waals surface area contributed by atoms with Crippen molar-refractivity contribution >= 4 is 11.8 Å². The van der Waals surface area contributed by atoms with Gasteiger partial charge in [-0.1, -0.05) is 0 Å². The third-order valence-corrected chi connectivity index (χ3v) is 3.21. The van der Waals surface area contributed by atoms with Crippen LogP contribution in [0.2, 0.25) is 0 Å². The van der Waals surface area contributed by atoms with Crippen molar-refractivity contribution in [3.05, 3.63) is 0 Å². The van der Waals surface area contributed by atoms with Crippen LogP contribution in [0.1, 0.15) is 33.1 Å². The Morgan fingerprint density at radius 3 is 2.94 bits per heavy atom. The average Bonchev–Trinajstić information content (AvgIpc) is 2.53. The van der Waals surface area contributed by atoms with Crippen LogP contribution in [0, 0.1) is 0 Å². The van der Waals surface area contributed by atoms with E-state index in [4.69, 9.17) is 0 Å². The number of amides is 2. The highest BCUT2D eigenvalue weighted by Crippen LogP contribution is 2.06. The molecule has 0 saturated carbocycles. The molecule has 2 N–H and O–H groups in total. The van der Waals surface area contributed by atoms with Gasteiger partial charge in [0.05, 0.1) is 12.1 Å². The number of carbonyl (C=O) groups excluding carboxylic acids is 2. The minimum absolute atomic E-state index is 0.0151. The lowest BCUT2D eigenvalue weighted by Gasteiger charge is -2.24. The van der Waals surface area contributed by atoms with Crippen LogP contribution in [0.4, 0.5) is 0 Å². The maximum Gasteiger partial charge on any atom is 0.239 e. The summed E-state index contributed by atoms with van der Waals surface area (Å²) in [7, 11) is 1.77. The van der Waals surface area contributed by atoms with Crippen molar-refractivity contribution in [1.82, 2.24) is 15.5 Å². The lowest BCUT2D eigenvalue weighted by atomic mass is 10.1. The zero-order valence-corrected chi connectivity index (χ0v) is 11.0. The van der Waals surface area contributed by atoms with Crippen molar-refractivity contribution < 1.29 is 9.59 Å². The minimum atomic E-state index is -0.311. The number of hydrogen-bond donors (Lipinski definition) is 2. The molecular weight excluding hydrogens is 218 g/mol. The van der Waals surface area contributed by atoms with E-state index in [2.05, 4.69) is 10.6 Å². The average molecular weight is 241 g/mol. The van der Waals surface area contributed by atoms with Gasteiger partial charge in [-0.05, 0) is 33.1 Å². The first kappa shape index (κ1) is 14.0. The quantitative estimate of drug-likeness (QED) is 0.734. The van der Waals surface area contributed by atoms with Crippen molar-refractivity contribution in [3.8, 4) is 0 Å². The lowest BCUT2D eigenvalue weighted by molar-refractivity contribution is -0.132. The largest absolute Gasteiger partial charge is 0.355 e. The monoisotopic (exact) mass is 241 g/mol. The maximum atomic E-state index is 11.9. The summed E-state index contributed by atoms with van der Waals surface area (Å²) in [6, 6.07) is -0.546. The Hall–Kier alpha value is -1.10. The molecule has 1 rings (SSSR count). The number of rotatable bonds is 4. The third kappa shape index (κ3) is 4.00. The fourth-order valence-corrected chi connectivity index (χ4v) is 1.96. The van der Waals surface area contributed by atoms with E-state index in [0.29, 0.717) is 6.54 Å². The summed E-state index contributed by atoms with van der Waals surface area (Å²) in [6.07, 6.45) is 2.83. The molecule has 17 heavy (non-hydrogen) atoms. The van der Waals surface area contributed by atoms with Gasteiger partial charge in [-0.25, -0.2) is 0 Å². The Morgan fingerprint density at radius 2 is 2.29 bits per heavy atom. The molecule has 1 aliphatic rings. The second-order valence-corrected chi connectivity index (χ2v) is 4.58. The van der Waals surface area contributed by atoms with Crippen LogP contribution in [-0.2, 0) is 9.59 Å². The van der Waals surface area contributed by atoms with E-state index in [1.54, 1.807) is 11.9 Å². The van der Waals surface area contributed by atoms with Crippen LogP contribution in [0.5, 0.6) is 0 Å². The number of hydrogen-bond acceptors (Lipinski definition) is 3. The van der Waals surface area contributed by atoms with Gasteiger partial charge in [0.15, 0.2) is 0 Å². The van der Waals surface area contributed by atoms with Crippen LogP contribution in [0.15, 0.2) is 0 Å². The van der Waals surface area contributed by atoms with Crippen molar-refractivity contribution in [2.24, 2.45) is 0 Å². The third-order valence-electron chi connectivity index (χ3n) is 3.21. The molecule has 1 heterocycles. The molecule has 2 unspecified atom stereocenters. The van der Waals surface area contributed by atoms with E-state index in [1.165, 1.54) is 0 Å². The summed E-state index contributed by atoms with van der Waals surface area (Å²) >= 11 is 0. The minimum Gasteiger partial charge on any atom is -0.355 e. The molecule has 0 aromatic rings. The highest BCUT2D eigenvalue weighted by Gasteiger charge is 2.25. The summed E-state index contributed by atoms with van der Waals surface area (Å²) < 4.78 is 0. The topological polar surface area (TPSA) is 61.4 Å². The van der Waals surface area contributed by atoms with Gasteiger partial charge in [-0.2, -0.15) is 0 Å². The SMILES string of the molecule is CCN(C)C(=O)C(C)NC1CCCCNC1=O. The molecular formula is C12H23N3O2. The molecule has 0 aromatic heterocycles. The highest BCUT2D eigenvalue weighted by atomic mass is 16.2. The highest BCUT2D eigenvalue weighted by molar-refractivity contribution is 5.85. The number of carbonyl (C=O) groups is 2. The van der Waals surface area contributed by atoms with E-state index in [-0.39, 0.29) is 23.9 Å². The summed E-state index contributed by atoms with van der Waals surface area (Å²) in [4.78, 5) is 25.2. The summed E-state index contributed by atoms with van der Waals surface area (Å²) in [6.45, 7) is 5.17. The summed E-state index contributed by atoms with van der Waals surface area (Å²) in [5.74, 6) is 0.0471. The Bertz CT molecular complexity index is 281. The fourth-order valence-electron chi connectivity index (χ4n) is 1.96. The smallest absolute Gasteiger partial charge is 0.239 e. The molecule has 1 fully saturated rings. The predicted octanol–water partition coefficient (Wildman–Crippen LogP) is 0.112. The van der Waals surface area contributed by atoms with Gasteiger partial charge < -0.3 is 10.2 Å². The van der Waals surface area contributed by atoms with E-state index >= 15 is 0 Å². The van der Waals surface area contributed by atoms with Gasteiger partial charge >= 0.3 is 0 Å². The fraction of sp³-hybridized carbons (Fsp3) is 0.833. The van der Waals surface area contributed by atoms with Crippen molar-refractivity contribution in [1.29, 1.82) is 0 Å². The molecule has 2 amide bonds. The van der Waals surface area contributed by atoms with Gasteiger partial charge in [-0.3, -0.25) is 14.9 Å². The second-order valence-electron chi connectivity index (χ2n) is 4.58. The molecule has 0 radical (unpaired) electrons. The Kier molecular flexibility index (Phi) is 5.41. The maximum absolute atomic E-state index is 11.9. The first-order valence-electron chi connectivity index (χ1n) is 6.35. The van der Waals surface area contributed by atoms with Gasteiger partial charge in [0, 0.05) is 20.1 Å². The van der Waals surface area contributed by atoms with Gasteiger partial charge in [0.25, 0.3) is 0 Å². The van der Waals surface area contributed by atoms with Crippen LogP contribution in [-0.4, -0.2) is 48.9 Å². The number of nitrogens with zero attached hydrogens (tertiary/aromatic N) is 1. The Labute approximate surface area is 103 Å². The van der Waals surface area contributed by atoms with Crippen LogP contribution in [0.3, 0.4) is 0 Å². The molecule has 5 nitrogen and oxygen atoms in total. The van der Waals surface area contributed by atoms with Crippen molar-refractivity contribution in [3.63, 3.8) is 0 Å². The summed E-state index contributed by atoms with van der Waals surface area (Å²) in [5.41, 5.74) is 0. The van der Waals surface area contributed by atoms with E-state index in [1.807, 2.05) is 13.8 Å². The Balaban J connectivity index is 2.51. The molecule has 5 heteroatoms. The van der Waals surface area contributed by atoms with E-state index < -0.39 is 0 Å². The normalized spacial score (nSPS) is 22.5. The number of nitrogens with one attached hydrogen (secondary N) is 2. The second kappa shape index (κ2) is 6.59. The lowest BCUT2D eigenvalue weighted by Crippen LogP contribution is -2.51. The van der Waals surface area contributed by atoms with Gasteiger partial charge in [0.2, 0.25) is 11.8 Å². The van der Waals surface area contributed by atoms with E-state index in [0.717, 1.165) is 25.8 Å². The van der Waals surface area contributed by atoms with Crippen LogP contribution < -0.4 is 10.6 Å². The molecule has 0 aliphatic carbocycles. The Morgan fingerprint density at radius 1 is 1.59 bits per heavy atom. The molecule has 2 atom stereocenters. The predicted molar refractivity (Wildman–Crippen MR) is 66.6 cm³/mol. The zero-order chi connectivity index (χ0) is 12.8. The standard InChI is InChI=1S/C12H23N3O2/c1-4-15(3)12(17)9(2)14-10-7-5-6-8-13-11(10)16/h9-10,14H,4-8H2,1-3H3,(H,13,16). The molecule has 0 aromatic carbocycles. The van der Waals surface area contributed by atoms with Gasteiger partial charge in [0.1, 0.15) is 0 Å². The van der Waals surface area contributed by atoms with Crippen LogP contribution >= 0.6 is 0 Å². The molecule has 98 valence electrons. The molecule has 0 spiro atoms. The molecule has 1 aliphatic heterocycles. The first-order valence-corrected chi connectivity index (χ1v) is 6.35.